The summed E-state index contributed by atoms with van der Waals surface area (Å²) < 4.78 is 73.3. The number of anilines is 1. The third-order valence-corrected chi connectivity index (χ3v) is 11.1. The third kappa shape index (κ3) is 6.89. The van der Waals surface area contributed by atoms with Gasteiger partial charge in [0.25, 0.3) is 11.6 Å². The number of hydrogen-bond acceptors (Lipinski definition) is 8. The molecule has 2 heterocycles. The van der Waals surface area contributed by atoms with Crippen molar-refractivity contribution >= 4 is 48.8 Å². The maximum absolute atomic E-state index is 14.2. The van der Waals surface area contributed by atoms with Crippen molar-refractivity contribution in [1.82, 2.24) is 10.2 Å². The number of ether oxygens (including phenoxy) is 1. The molecule has 1 saturated heterocycles. The van der Waals surface area contributed by atoms with Crippen LogP contribution < -0.4 is 10.6 Å². The monoisotopic (exact) mass is 651 g/mol. The molecule has 238 valence electrons. The van der Waals surface area contributed by atoms with Gasteiger partial charge in [0.15, 0.2) is 9.84 Å². The second-order valence-electron chi connectivity index (χ2n) is 12.0. The maximum atomic E-state index is 14.2. The molecule has 2 N–H and O–H groups in total. The highest BCUT2D eigenvalue weighted by Gasteiger charge is 2.57. The van der Waals surface area contributed by atoms with Crippen molar-refractivity contribution in [3.63, 3.8) is 0 Å². The van der Waals surface area contributed by atoms with E-state index in [1.54, 1.807) is 35.7 Å². The Kier molecular flexibility index (Phi) is 9.29. The molecule has 0 spiro atoms. The number of esters is 1. The van der Waals surface area contributed by atoms with Crippen LogP contribution in [0.4, 0.5) is 18.9 Å². The zero-order chi connectivity index (χ0) is 31.7. The largest absolute Gasteiger partial charge is 0.491 e. The predicted octanol–water partition coefficient (Wildman–Crippen LogP) is 5.60. The van der Waals surface area contributed by atoms with Crippen LogP contribution in [-0.2, 0) is 24.2 Å². The summed E-state index contributed by atoms with van der Waals surface area (Å²) in [6.45, 7) is 4.88. The molecule has 8 nitrogen and oxygen atoms in total. The van der Waals surface area contributed by atoms with Crippen LogP contribution >= 0.6 is 11.3 Å². The van der Waals surface area contributed by atoms with Crippen LogP contribution in [0, 0.1) is 11.8 Å². The van der Waals surface area contributed by atoms with Gasteiger partial charge in [-0.1, -0.05) is 50.2 Å². The molecule has 1 aromatic heterocycles. The molecule has 4 atom stereocenters. The molecule has 2 aliphatic rings. The van der Waals surface area contributed by atoms with Crippen molar-refractivity contribution < 1.29 is 35.9 Å². The van der Waals surface area contributed by atoms with Crippen LogP contribution in [0.2, 0.25) is 0 Å². The number of carbonyl (C=O) groups is 2. The number of fused-ring (bicyclic) bond motifs is 1. The van der Waals surface area contributed by atoms with E-state index in [-0.39, 0.29) is 29.7 Å². The summed E-state index contributed by atoms with van der Waals surface area (Å²) in [5.41, 5.74) is -1.92. The van der Waals surface area contributed by atoms with Gasteiger partial charge in [-0.15, -0.1) is 11.3 Å². The van der Waals surface area contributed by atoms with E-state index in [1.165, 1.54) is 28.4 Å². The highest BCUT2D eigenvalue weighted by Crippen LogP contribution is 2.40. The van der Waals surface area contributed by atoms with Crippen LogP contribution in [0.1, 0.15) is 39.5 Å². The fraction of sp³-hybridized carbons (Fsp3) is 0.484. The van der Waals surface area contributed by atoms with Gasteiger partial charge in [-0.2, -0.15) is 13.2 Å². The minimum atomic E-state index is -5.31. The van der Waals surface area contributed by atoms with Gasteiger partial charge in [-0.05, 0) is 55.8 Å². The van der Waals surface area contributed by atoms with Gasteiger partial charge in [-0.25, -0.2) is 13.2 Å². The Balaban J connectivity index is 1.46. The van der Waals surface area contributed by atoms with Gasteiger partial charge in [-0.3, -0.25) is 4.79 Å². The van der Waals surface area contributed by atoms with Crippen molar-refractivity contribution in [1.29, 1.82) is 0 Å². The number of sulfone groups is 1. The van der Waals surface area contributed by atoms with E-state index in [0.29, 0.717) is 36.3 Å². The van der Waals surface area contributed by atoms with Gasteiger partial charge in [0.2, 0.25) is 0 Å². The Morgan fingerprint density at radius 3 is 2.52 bits per heavy atom. The molecule has 13 heteroatoms. The van der Waals surface area contributed by atoms with Gasteiger partial charge in [0.05, 0.1) is 16.3 Å². The lowest BCUT2D eigenvalue weighted by molar-refractivity contribution is -0.211. The number of alkyl halides is 3. The van der Waals surface area contributed by atoms with E-state index in [0.717, 1.165) is 11.2 Å². The lowest BCUT2D eigenvalue weighted by atomic mass is 9.81. The molecule has 44 heavy (non-hydrogen) atoms. The Labute approximate surface area is 258 Å². The maximum Gasteiger partial charge on any atom is 0.491 e. The zero-order valence-corrected chi connectivity index (χ0v) is 26.1. The first kappa shape index (κ1) is 32.2. The fourth-order valence-electron chi connectivity index (χ4n) is 6.21. The SMILES string of the molecule is CC(C)CN[C@@H]1CC[C@H](N2CCC(Nc3csc4ccccc34)(OC(=O)C(F)(F)F)C2=O)[C@H](CS(=O)(=O)c2ccccc2)C1. The minimum Gasteiger partial charge on any atom is -0.423 e. The summed E-state index contributed by atoms with van der Waals surface area (Å²) in [5, 5.41) is 8.72. The fourth-order valence-corrected chi connectivity index (χ4v) is 8.79. The first-order valence-electron chi connectivity index (χ1n) is 14.7. The normalized spacial score (nSPS) is 24.6. The Morgan fingerprint density at radius 2 is 1.82 bits per heavy atom. The van der Waals surface area contributed by atoms with E-state index in [2.05, 4.69) is 24.5 Å². The molecule has 2 fully saturated rings. The molecular weight excluding hydrogens is 615 g/mol. The number of amides is 1. The summed E-state index contributed by atoms with van der Waals surface area (Å²) in [6.07, 6.45) is -3.99. The summed E-state index contributed by atoms with van der Waals surface area (Å²) in [4.78, 5) is 28.0. The second-order valence-corrected chi connectivity index (χ2v) is 14.9. The molecule has 0 radical (unpaired) electrons. The van der Waals surface area contributed by atoms with Crippen LogP contribution in [0.25, 0.3) is 10.1 Å². The molecule has 5 rings (SSSR count). The highest BCUT2D eigenvalue weighted by atomic mass is 32.2. The van der Waals surface area contributed by atoms with Crippen LogP contribution in [-0.4, -0.2) is 68.0 Å². The number of likely N-dealkylation sites (tertiary alicyclic amines) is 1. The third-order valence-electron chi connectivity index (χ3n) is 8.32. The Morgan fingerprint density at radius 1 is 1.11 bits per heavy atom. The molecular formula is C31H36F3N3O5S2. The van der Waals surface area contributed by atoms with E-state index in [9.17, 15) is 31.2 Å². The van der Waals surface area contributed by atoms with Gasteiger partial charge < -0.3 is 20.3 Å². The van der Waals surface area contributed by atoms with Gasteiger partial charge in [0.1, 0.15) is 0 Å². The van der Waals surface area contributed by atoms with Crippen molar-refractivity contribution in [2.75, 3.05) is 24.2 Å². The second kappa shape index (κ2) is 12.7. The average molecular weight is 652 g/mol. The van der Waals surface area contributed by atoms with Crippen LogP contribution in [0.15, 0.2) is 64.9 Å². The number of benzene rings is 2. The standard InChI is InChI=1S/C31H36F3N3O5S2/c1-20(2)17-35-22-12-13-26(21(16-22)19-44(40,41)23-8-4-3-5-9-23)37-15-14-30(28(37)38,42-29(39)31(32,33)34)36-25-18-43-27-11-7-6-10-24(25)27/h3-11,18,20-22,26,35-36H,12-17,19H2,1-2H3/t21-,22+,26-,30?/m0/s1. The van der Waals surface area contributed by atoms with Gasteiger partial charge >= 0.3 is 12.1 Å². The smallest absolute Gasteiger partial charge is 0.423 e. The molecule has 1 aliphatic carbocycles. The van der Waals surface area contributed by atoms with Crippen molar-refractivity contribution in [2.24, 2.45) is 11.8 Å². The summed E-state index contributed by atoms with van der Waals surface area (Å²) in [7, 11) is -3.74. The number of nitrogens with one attached hydrogen (secondary N) is 2. The van der Waals surface area contributed by atoms with E-state index in [4.69, 9.17) is 4.74 Å². The molecule has 1 saturated carbocycles. The molecule has 1 aliphatic heterocycles. The molecule has 1 unspecified atom stereocenters. The minimum absolute atomic E-state index is 0.00428. The average Bonchev–Trinajstić information content (AvgIpc) is 3.52. The zero-order valence-electron chi connectivity index (χ0n) is 24.5. The lowest BCUT2D eigenvalue weighted by Crippen LogP contribution is -2.56. The molecule has 3 aromatic rings. The predicted molar refractivity (Wildman–Crippen MR) is 163 cm³/mol. The van der Waals surface area contributed by atoms with E-state index in [1.807, 2.05) is 12.1 Å². The lowest BCUT2D eigenvalue weighted by Gasteiger charge is -2.42. The quantitative estimate of drug-likeness (QED) is 0.217. The molecule has 0 bridgehead atoms. The van der Waals surface area contributed by atoms with Crippen molar-refractivity contribution in [3.8, 4) is 0 Å². The molecule has 1 amide bonds. The van der Waals surface area contributed by atoms with Crippen LogP contribution in [0.5, 0.6) is 0 Å². The van der Waals surface area contributed by atoms with E-state index >= 15 is 0 Å². The van der Waals surface area contributed by atoms with Crippen LogP contribution in [0.3, 0.4) is 0 Å². The number of hydrogen-bond donors (Lipinski definition) is 2. The number of rotatable bonds is 10. The van der Waals surface area contributed by atoms with Crippen molar-refractivity contribution in [2.45, 2.75) is 68.4 Å². The first-order chi connectivity index (χ1) is 20.8. The highest BCUT2D eigenvalue weighted by molar-refractivity contribution is 7.91. The number of thiophene rings is 1. The van der Waals surface area contributed by atoms with E-state index < -0.39 is 45.6 Å². The Bertz CT molecular complexity index is 1600. The summed E-state index contributed by atoms with van der Waals surface area (Å²) >= 11 is 1.34. The number of carbonyl (C=O) groups excluding carboxylic acids is 2. The Hall–Kier alpha value is -3.16. The summed E-state index contributed by atoms with van der Waals surface area (Å²) in [5.74, 6) is -3.64. The molecule has 2 aromatic carbocycles. The van der Waals surface area contributed by atoms with Crippen molar-refractivity contribution in [3.05, 3.63) is 60.0 Å². The number of nitrogens with zero attached hydrogens (tertiary/aromatic N) is 1. The summed E-state index contributed by atoms with van der Waals surface area (Å²) in [6, 6.07) is 14.7. The topological polar surface area (TPSA) is 105 Å². The van der Waals surface area contributed by atoms with Gasteiger partial charge in [0, 0.05) is 40.5 Å². The first-order valence-corrected chi connectivity index (χ1v) is 17.2. The number of halogens is 3.